The van der Waals surface area contributed by atoms with Gasteiger partial charge in [-0.25, -0.2) is 4.99 Å². The number of thioether (sulfide) groups is 1. The van der Waals surface area contributed by atoms with Crippen molar-refractivity contribution in [3.63, 3.8) is 0 Å². The van der Waals surface area contributed by atoms with E-state index in [0.717, 1.165) is 34.7 Å². The van der Waals surface area contributed by atoms with Gasteiger partial charge in [-0.2, -0.15) is 0 Å². The molecule has 0 aromatic heterocycles. The first kappa shape index (κ1) is 18.0. The van der Waals surface area contributed by atoms with E-state index in [4.69, 9.17) is 21.3 Å². The Morgan fingerprint density at radius 1 is 1.32 bits per heavy atom. The number of ether oxygens (including phenoxy) is 1. The van der Waals surface area contributed by atoms with Crippen molar-refractivity contribution in [2.75, 3.05) is 19.0 Å². The molecule has 1 aromatic rings. The second kappa shape index (κ2) is 7.99. The van der Waals surface area contributed by atoms with E-state index in [1.807, 2.05) is 24.3 Å². The van der Waals surface area contributed by atoms with Crippen LogP contribution in [0.15, 0.2) is 29.3 Å². The van der Waals surface area contributed by atoms with E-state index in [1.165, 1.54) is 12.8 Å². The summed E-state index contributed by atoms with van der Waals surface area (Å²) in [5, 5.41) is 5.15. The van der Waals surface area contributed by atoms with Crippen LogP contribution in [-0.4, -0.2) is 35.5 Å². The molecular formula is C15H19ClIN3OS. The van der Waals surface area contributed by atoms with Gasteiger partial charge in [0.25, 0.3) is 5.84 Å². The molecule has 0 spiro atoms. The second-order valence-corrected chi connectivity index (χ2v) is 6.62. The third-order valence-corrected chi connectivity index (χ3v) is 4.93. The monoisotopic (exact) mass is 451 g/mol. The van der Waals surface area contributed by atoms with Gasteiger partial charge in [-0.1, -0.05) is 23.4 Å². The van der Waals surface area contributed by atoms with E-state index in [-0.39, 0.29) is 24.0 Å². The summed E-state index contributed by atoms with van der Waals surface area (Å²) in [6.07, 6.45) is 2.34. The highest BCUT2D eigenvalue weighted by atomic mass is 127. The van der Waals surface area contributed by atoms with Crippen LogP contribution in [0.5, 0.6) is 0 Å². The van der Waals surface area contributed by atoms with E-state index in [9.17, 15) is 0 Å². The molecule has 1 unspecified atom stereocenters. The summed E-state index contributed by atoms with van der Waals surface area (Å²) in [7, 11) is 0. The molecule has 0 saturated carbocycles. The van der Waals surface area contributed by atoms with E-state index < -0.39 is 5.60 Å². The zero-order chi connectivity index (χ0) is 14.7. The Labute approximate surface area is 157 Å². The lowest BCUT2D eigenvalue weighted by Crippen LogP contribution is -3.00. The number of aliphatic imine (C=N–C) groups is 1. The van der Waals surface area contributed by atoms with Gasteiger partial charge in [-0.05, 0) is 44.0 Å². The third kappa shape index (κ3) is 3.96. The summed E-state index contributed by atoms with van der Waals surface area (Å²) in [5.74, 6) is 1.65. The predicted octanol–water partition coefficient (Wildman–Crippen LogP) is -1.28. The van der Waals surface area contributed by atoms with Crippen LogP contribution >= 0.6 is 23.4 Å². The molecule has 1 saturated heterocycles. The molecule has 2 aliphatic heterocycles. The lowest BCUT2D eigenvalue weighted by atomic mass is 10.1. The average molecular weight is 452 g/mol. The van der Waals surface area contributed by atoms with Crippen molar-refractivity contribution in [1.82, 2.24) is 5.32 Å². The third-order valence-electron chi connectivity index (χ3n) is 3.69. The van der Waals surface area contributed by atoms with Gasteiger partial charge < -0.3 is 28.7 Å². The molecule has 2 heterocycles. The normalized spacial score (nSPS) is 26.8. The first-order chi connectivity index (χ1) is 10.2. The molecular weight excluding hydrogens is 433 g/mol. The minimum atomic E-state index is -0.505. The van der Waals surface area contributed by atoms with Gasteiger partial charge in [0.15, 0.2) is 0 Å². The molecule has 120 valence electrons. The van der Waals surface area contributed by atoms with Gasteiger partial charge in [-0.15, -0.1) is 0 Å². The van der Waals surface area contributed by atoms with Gasteiger partial charge in [0.1, 0.15) is 11.0 Å². The first-order valence-corrected chi connectivity index (χ1v) is 8.51. The Balaban J connectivity index is 0.00000176. The van der Waals surface area contributed by atoms with Crippen molar-refractivity contribution in [2.24, 2.45) is 4.99 Å². The van der Waals surface area contributed by atoms with Crippen LogP contribution in [0.4, 0.5) is 5.69 Å². The largest absolute Gasteiger partial charge is 1.00 e. The fraction of sp³-hybridized carbons (Fsp3) is 0.467. The van der Waals surface area contributed by atoms with Crippen LogP contribution in [0.1, 0.15) is 19.8 Å². The van der Waals surface area contributed by atoms with Crippen molar-refractivity contribution in [1.29, 1.82) is 0 Å². The maximum atomic E-state index is 5.99. The quantitative estimate of drug-likeness (QED) is 0.551. The minimum Gasteiger partial charge on any atom is -1.00 e. The van der Waals surface area contributed by atoms with Crippen molar-refractivity contribution in [3.8, 4) is 0 Å². The van der Waals surface area contributed by atoms with Crippen molar-refractivity contribution >= 4 is 39.9 Å². The number of benzene rings is 1. The van der Waals surface area contributed by atoms with Crippen molar-refractivity contribution in [3.05, 3.63) is 29.3 Å². The number of amidine groups is 1. The molecule has 7 heteroatoms. The first-order valence-electron chi connectivity index (χ1n) is 7.15. The highest BCUT2D eigenvalue weighted by Gasteiger charge is 2.47. The maximum absolute atomic E-state index is 5.99. The van der Waals surface area contributed by atoms with Crippen LogP contribution in [0.3, 0.4) is 0 Å². The fourth-order valence-electron chi connectivity index (χ4n) is 2.43. The van der Waals surface area contributed by atoms with E-state index in [1.54, 1.807) is 11.8 Å². The van der Waals surface area contributed by atoms with Crippen LogP contribution in [0.2, 0.25) is 5.02 Å². The lowest BCUT2D eigenvalue weighted by molar-refractivity contribution is -0.462. The SMILES string of the molecule is CC1(C2=[NH+]CCCCN2)OCSC1=Nc1ccc(Cl)cc1.[I-]. The number of hydrogen-bond acceptors (Lipinski definition) is 4. The summed E-state index contributed by atoms with van der Waals surface area (Å²) in [5.41, 5.74) is 0.391. The number of rotatable bonds is 2. The molecule has 0 radical (unpaired) electrons. The van der Waals surface area contributed by atoms with E-state index >= 15 is 0 Å². The molecule has 3 rings (SSSR count). The lowest BCUT2D eigenvalue weighted by Gasteiger charge is -2.20. The summed E-state index contributed by atoms with van der Waals surface area (Å²) >= 11 is 7.56. The second-order valence-electron chi connectivity index (χ2n) is 5.27. The fourth-order valence-corrected chi connectivity index (χ4v) is 3.57. The van der Waals surface area contributed by atoms with Crippen LogP contribution in [0.25, 0.3) is 0 Å². The summed E-state index contributed by atoms with van der Waals surface area (Å²) < 4.78 is 5.99. The Bertz CT molecular complexity index is 579. The number of nitrogens with zero attached hydrogens (tertiary/aromatic N) is 1. The summed E-state index contributed by atoms with van der Waals surface area (Å²) in [4.78, 5) is 8.21. The van der Waals surface area contributed by atoms with Crippen molar-refractivity contribution < 1.29 is 33.7 Å². The molecule has 0 aliphatic carbocycles. The van der Waals surface area contributed by atoms with Gasteiger partial charge in [0.05, 0.1) is 18.8 Å². The topological polar surface area (TPSA) is 47.6 Å². The minimum absolute atomic E-state index is 0. The molecule has 0 amide bonds. The molecule has 1 atom stereocenters. The van der Waals surface area contributed by atoms with E-state index in [2.05, 4.69) is 17.2 Å². The smallest absolute Gasteiger partial charge is 0.282 e. The van der Waals surface area contributed by atoms with Crippen molar-refractivity contribution in [2.45, 2.75) is 25.4 Å². The Hall–Kier alpha value is -0.310. The molecule has 1 fully saturated rings. The Morgan fingerprint density at radius 2 is 2.09 bits per heavy atom. The zero-order valence-corrected chi connectivity index (χ0v) is 16.1. The predicted molar refractivity (Wildman–Crippen MR) is 88.6 cm³/mol. The molecule has 22 heavy (non-hydrogen) atoms. The number of nitrogens with one attached hydrogen (secondary N) is 2. The molecule has 4 nitrogen and oxygen atoms in total. The molecule has 2 aliphatic rings. The molecule has 1 aromatic carbocycles. The maximum Gasteiger partial charge on any atom is 0.282 e. The van der Waals surface area contributed by atoms with E-state index in [0.29, 0.717) is 5.94 Å². The van der Waals surface area contributed by atoms with Crippen LogP contribution in [-0.2, 0) is 4.74 Å². The highest BCUT2D eigenvalue weighted by Crippen LogP contribution is 2.32. The van der Waals surface area contributed by atoms with Gasteiger partial charge in [-0.3, -0.25) is 10.3 Å². The van der Waals surface area contributed by atoms with Gasteiger partial charge >= 0.3 is 0 Å². The summed E-state index contributed by atoms with van der Waals surface area (Å²) in [6.45, 7) is 4.02. The number of hydrogen-bond donors (Lipinski definition) is 2. The summed E-state index contributed by atoms with van der Waals surface area (Å²) in [6, 6.07) is 7.56. The molecule has 2 N–H and O–H groups in total. The number of halogens is 2. The average Bonchev–Trinajstić information content (AvgIpc) is 2.70. The standard InChI is InChI=1S/C15H18ClN3OS.HI/c1-15(13-17-8-2-3-9-18-13)14(21-10-20-15)19-12-6-4-11(16)5-7-12;/h4-7H,2-3,8-10H2,1H3,(H,17,18);1H. The van der Waals surface area contributed by atoms with Gasteiger partial charge in [0, 0.05) is 5.02 Å². The van der Waals surface area contributed by atoms with Gasteiger partial charge in [0.2, 0.25) is 5.60 Å². The van der Waals surface area contributed by atoms with Crippen LogP contribution in [0, 0.1) is 0 Å². The Kier molecular flexibility index (Phi) is 6.55. The van der Waals surface area contributed by atoms with Crippen LogP contribution < -0.4 is 34.3 Å². The zero-order valence-electron chi connectivity index (χ0n) is 12.4. The highest BCUT2D eigenvalue weighted by molar-refractivity contribution is 8.14. The molecule has 0 bridgehead atoms. The Morgan fingerprint density at radius 3 is 2.86 bits per heavy atom.